The Balaban J connectivity index is 1.81. The molecule has 2 aromatic carbocycles. The molecule has 1 N–H and O–H groups in total. The summed E-state index contributed by atoms with van der Waals surface area (Å²) in [5.74, 6) is 0.321. The van der Waals surface area contributed by atoms with Crippen LogP contribution >= 0.6 is 27.3 Å². The second kappa shape index (κ2) is 7.11. The van der Waals surface area contributed by atoms with E-state index in [4.69, 9.17) is 10.00 Å². The number of rotatable bonds is 3. The van der Waals surface area contributed by atoms with E-state index in [-0.39, 0.29) is 11.3 Å². The first kappa shape index (κ1) is 18.2. The number of aromatic nitrogens is 2. The Labute approximate surface area is 171 Å². The fourth-order valence-electron chi connectivity index (χ4n) is 2.80. The number of methoxy groups -OCH3 is 1. The monoisotopic (exact) mass is 453 g/mol. The Morgan fingerprint density at radius 2 is 2.18 bits per heavy atom. The van der Waals surface area contributed by atoms with Gasteiger partial charge >= 0.3 is 0 Å². The van der Waals surface area contributed by atoms with Crippen LogP contribution in [-0.4, -0.2) is 21.6 Å². The topological polar surface area (TPSA) is 87.6 Å². The quantitative estimate of drug-likeness (QED) is 0.513. The largest absolute Gasteiger partial charge is 0.503 e. The fraction of sp³-hybridized carbons (Fsp3) is 0.0500. The number of imidazole rings is 1. The molecule has 0 spiro atoms. The van der Waals surface area contributed by atoms with Gasteiger partial charge < -0.3 is 9.84 Å². The van der Waals surface area contributed by atoms with Gasteiger partial charge in [0.25, 0.3) is 5.56 Å². The molecule has 0 aliphatic heterocycles. The highest BCUT2D eigenvalue weighted by Gasteiger charge is 2.12. The van der Waals surface area contributed by atoms with Crippen molar-refractivity contribution in [2.75, 3.05) is 7.11 Å². The van der Waals surface area contributed by atoms with Gasteiger partial charge in [-0.25, -0.2) is 4.98 Å². The normalized spacial score (nSPS) is 11.7. The molecular weight excluding hydrogens is 442 g/mol. The molecule has 2 heterocycles. The van der Waals surface area contributed by atoms with E-state index in [9.17, 15) is 9.90 Å². The highest BCUT2D eigenvalue weighted by Crippen LogP contribution is 2.35. The van der Waals surface area contributed by atoms with Crippen LogP contribution in [0.1, 0.15) is 11.1 Å². The molecule has 0 aliphatic rings. The van der Waals surface area contributed by atoms with Crippen molar-refractivity contribution in [2.24, 2.45) is 0 Å². The van der Waals surface area contributed by atoms with Gasteiger partial charge in [0.15, 0.2) is 16.5 Å². The summed E-state index contributed by atoms with van der Waals surface area (Å²) in [5.41, 5.74) is 2.49. The van der Waals surface area contributed by atoms with E-state index in [0.29, 0.717) is 36.5 Å². The molecule has 2 aromatic heterocycles. The van der Waals surface area contributed by atoms with Gasteiger partial charge in [-0.2, -0.15) is 5.26 Å². The minimum absolute atomic E-state index is 0.00669. The van der Waals surface area contributed by atoms with Crippen molar-refractivity contribution < 1.29 is 9.84 Å². The first-order valence-electron chi connectivity index (χ1n) is 8.11. The van der Waals surface area contributed by atoms with Gasteiger partial charge in [-0.1, -0.05) is 23.5 Å². The van der Waals surface area contributed by atoms with Crippen molar-refractivity contribution in [3.05, 3.63) is 73.1 Å². The van der Waals surface area contributed by atoms with Gasteiger partial charge in [0.1, 0.15) is 0 Å². The number of benzene rings is 2. The number of fused-ring (bicyclic) bond motifs is 1. The summed E-state index contributed by atoms with van der Waals surface area (Å²) in [5, 5.41) is 19.0. The number of nitrogens with zero attached hydrogens (tertiary/aromatic N) is 3. The van der Waals surface area contributed by atoms with Gasteiger partial charge in [0, 0.05) is 11.8 Å². The summed E-state index contributed by atoms with van der Waals surface area (Å²) >= 11 is 4.55. The van der Waals surface area contributed by atoms with E-state index in [1.54, 1.807) is 42.6 Å². The minimum Gasteiger partial charge on any atom is -0.503 e. The van der Waals surface area contributed by atoms with Gasteiger partial charge in [-0.15, -0.1) is 0 Å². The molecule has 0 bridgehead atoms. The molecule has 0 aliphatic carbocycles. The summed E-state index contributed by atoms with van der Waals surface area (Å²) < 4.78 is 7.64. The number of nitriles is 1. The Hall–Kier alpha value is -3.15. The Morgan fingerprint density at radius 1 is 1.36 bits per heavy atom. The maximum atomic E-state index is 12.8. The third kappa shape index (κ3) is 3.15. The number of phenols is 1. The standard InChI is InChI=1S/C20H12BrN3O3S/c1-27-16-7-12(6-14(21)18(16)25)8-17-19(26)24-10-15(23-20(24)28-17)13-4-2-3-11(5-13)9-22/h2-8,10,25H,1H3/b17-8-. The summed E-state index contributed by atoms with van der Waals surface area (Å²) in [7, 11) is 1.46. The van der Waals surface area contributed by atoms with E-state index in [1.807, 2.05) is 6.07 Å². The maximum absolute atomic E-state index is 12.8. The molecule has 0 saturated carbocycles. The molecule has 0 radical (unpaired) electrons. The van der Waals surface area contributed by atoms with Crippen LogP contribution in [0.4, 0.5) is 0 Å². The SMILES string of the molecule is COc1cc(/C=c2\sc3nc(-c4cccc(C#N)c4)cn3c2=O)cc(Br)c1O. The number of hydrogen-bond acceptors (Lipinski definition) is 6. The molecule has 4 aromatic rings. The molecule has 28 heavy (non-hydrogen) atoms. The summed E-state index contributed by atoms with van der Waals surface area (Å²) in [6.07, 6.45) is 3.40. The average Bonchev–Trinajstić information content (AvgIpc) is 3.24. The fourth-order valence-corrected chi connectivity index (χ4v) is 4.22. The van der Waals surface area contributed by atoms with Gasteiger partial charge in [-0.3, -0.25) is 9.20 Å². The molecule has 8 heteroatoms. The molecular formula is C20H12BrN3O3S. The molecule has 0 atom stereocenters. The lowest BCUT2D eigenvalue weighted by Crippen LogP contribution is -2.22. The average molecular weight is 454 g/mol. The highest BCUT2D eigenvalue weighted by atomic mass is 79.9. The van der Waals surface area contributed by atoms with Crippen molar-refractivity contribution in [1.29, 1.82) is 5.26 Å². The minimum atomic E-state index is -0.182. The van der Waals surface area contributed by atoms with Crippen LogP contribution in [0.3, 0.4) is 0 Å². The lowest BCUT2D eigenvalue weighted by molar-refractivity contribution is 0.372. The van der Waals surface area contributed by atoms with E-state index in [2.05, 4.69) is 27.0 Å². The summed E-state index contributed by atoms with van der Waals surface area (Å²) in [6.45, 7) is 0. The number of thiazole rings is 1. The Bertz CT molecular complexity index is 1370. The molecule has 138 valence electrons. The second-order valence-corrected chi connectivity index (χ2v) is 7.80. The van der Waals surface area contributed by atoms with Crippen LogP contribution in [0, 0.1) is 11.3 Å². The summed E-state index contributed by atoms with van der Waals surface area (Å²) in [6, 6.07) is 12.6. The van der Waals surface area contributed by atoms with Gasteiger partial charge in [0.2, 0.25) is 0 Å². The zero-order chi connectivity index (χ0) is 19.8. The summed E-state index contributed by atoms with van der Waals surface area (Å²) in [4.78, 5) is 17.9. The van der Waals surface area contributed by atoms with Crippen molar-refractivity contribution in [1.82, 2.24) is 9.38 Å². The zero-order valence-electron chi connectivity index (χ0n) is 14.5. The van der Waals surface area contributed by atoms with Crippen LogP contribution in [0.25, 0.3) is 22.3 Å². The van der Waals surface area contributed by atoms with Gasteiger partial charge in [-0.05, 0) is 51.8 Å². The second-order valence-electron chi connectivity index (χ2n) is 5.94. The predicted molar refractivity (Wildman–Crippen MR) is 111 cm³/mol. The van der Waals surface area contributed by atoms with Crippen LogP contribution in [0.15, 0.2) is 51.9 Å². The molecule has 4 rings (SSSR count). The molecule has 6 nitrogen and oxygen atoms in total. The number of phenolic OH excluding ortho intramolecular Hbond substituents is 1. The molecule has 0 saturated heterocycles. The van der Waals surface area contributed by atoms with Crippen molar-refractivity contribution in [3.63, 3.8) is 0 Å². The van der Waals surface area contributed by atoms with E-state index in [0.717, 1.165) is 5.56 Å². The molecule has 0 amide bonds. The Morgan fingerprint density at radius 3 is 2.89 bits per heavy atom. The van der Waals surface area contributed by atoms with Crippen LogP contribution in [0.2, 0.25) is 0 Å². The van der Waals surface area contributed by atoms with Crippen molar-refractivity contribution in [2.45, 2.75) is 0 Å². The first-order chi connectivity index (χ1) is 13.5. The van der Waals surface area contributed by atoms with E-state index < -0.39 is 0 Å². The molecule has 0 unspecified atom stereocenters. The molecule has 0 fully saturated rings. The van der Waals surface area contributed by atoms with Crippen LogP contribution < -0.4 is 14.8 Å². The third-order valence-electron chi connectivity index (χ3n) is 4.16. The van der Waals surface area contributed by atoms with Crippen LogP contribution in [-0.2, 0) is 0 Å². The lowest BCUT2D eigenvalue weighted by atomic mass is 10.1. The van der Waals surface area contributed by atoms with Crippen molar-refractivity contribution in [3.8, 4) is 28.8 Å². The smallest absolute Gasteiger partial charge is 0.274 e. The third-order valence-corrected chi connectivity index (χ3v) is 5.75. The number of aromatic hydroxyl groups is 1. The predicted octanol–water partition coefficient (Wildman–Crippen LogP) is 3.32. The highest BCUT2D eigenvalue weighted by molar-refractivity contribution is 9.10. The van der Waals surface area contributed by atoms with E-state index >= 15 is 0 Å². The van der Waals surface area contributed by atoms with Gasteiger partial charge in [0.05, 0.1) is 33.4 Å². The Kier molecular flexibility index (Phi) is 4.63. The lowest BCUT2D eigenvalue weighted by Gasteiger charge is -2.06. The number of ether oxygens (including phenoxy) is 1. The number of halogens is 1. The first-order valence-corrected chi connectivity index (χ1v) is 9.72. The van der Waals surface area contributed by atoms with Crippen LogP contribution in [0.5, 0.6) is 11.5 Å². The number of hydrogen-bond donors (Lipinski definition) is 1. The zero-order valence-corrected chi connectivity index (χ0v) is 16.9. The van der Waals surface area contributed by atoms with Crippen molar-refractivity contribution >= 4 is 38.3 Å². The van der Waals surface area contributed by atoms with E-state index in [1.165, 1.54) is 22.8 Å². The maximum Gasteiger partial charge on any atom is 0.274 e.